The Morgan fingerprint density at radius 3 is 2.60 bits per heavy atom. The summed E-state index contributed by atoms with van der Waals surface area (Å²) in [5.74, 6) is -0.392. The number of quaternary nitrogens is 2. The number of esters is 1. The molecular formula is C41H65N6O5+3. The summed E-state index contributed by atoms with van der Waals surface area (Å²) in [5.41, 5.74) is 11.9. The van der Waals surface area contributed by atoms with Gasteiger partial charge in [-0.3, -0.25) is 31.4 Å². The molecule has 2 heterocycles. The summed E-state index contributed by atoms with van der Waals surface area (Å²) in [6, 6.07) is 0.246. The maximum Gasteiger partial charge on any atom is 0.350 e. The van der Waals surface area contributed by atoms with Crippen LogP contribution in [0.5, 0.6) is 0 Å². The highest BCUT2D eigenvalue weighted by Gasteiger charge is 2.87. The van der Waals surface area contributed by atoms with Gasteiger partial charge < -0.3 is 20.1 Å². The fourth-order valence-corrected chi connectivity index (χ4v) is 11.6. The Balaban J connectivity index is 1.17. The molecule has 286 valence electrons. The van der Waals surface area contributed by atoms with Gasteiger partial charge in [-0.2, -0.15) is 0 Å². The van der Waals surface area contributed by atoms with Gasteiger partial charge in [0.25, 0.3) is 5.60 Å². The topological polar surface area (TPSA) is 184 Å². The van der Waals surface area contributed by atoms with E-state index in [4.69, 9.17) is 20.9 Å². The zero-order valence-electron chi connectivity index (χ0n) is 31.8. The third-order valence-corrected chi connectivity index (χ3v) is 14.4. The minimum Gasteiger partial charge on any atom is -0.463 e. The van der Waals surface area contributed by atoms with Crippen molar-refractivity contribution in [3.05, 3.63) is 35.5 Å². The van der Waals surface area contributed by atoms with Crippen LogP contribution in [0.2, 0.25) is 0 Å². The monoisotopic (exact) mass is 721 g/mol. The number of nitrogens with two attached hydrogens (primary N) is 4. The van der Waals surface area contributed by atoms with Crippen LogP contribution in [0.4, 0.5) is 0 Å². The molecule has 0 bridgehead atoms. The smallest absolute Gasteiger partial charge is 0.350 e. The van der Waals surface area contributed by atoms with Gasteiger partial charge in [-0.1, -0.05) is 49.5 Å². The number of ketones is 2. The molecule has 2 saturated heterocycles. The van der Waals surface area contributed by atoms with E-state index in [-0.39, 0.29) is 54.2 Å². The molecule has 5 aliphatic carbocycles. The zero-order chi connectivity index (χ0) is 36.7. The molecule has 10 N–H and O–H groups in total. The van der Waals surface area contributed by atoms with Gasteiger partial charge >= 0.3 is 11.9 Å². The van der Waals surface area contributed by atoms with Crippen molar-refractivity contribution >= 4 is 23.5 Å². The van der Waals surface area contributed by atoms with Crippen molar-refractivity contribution in [2.24, 2.45) is 46.5 Å². The number of ether oxygens (including phenoxy) is 2. The molecule has 0 radical (unpaired) electrons. The molecule has 0 aromatic carbocycles. The number of hydrogen-bond acceptors (Lipinski definition) is 6. The van der Waals surface area contributed by atoms with Crippen LogP contribution in [0.1, 0.15) is 104 Å². The number of carbonyl (C=O) groups is 3. The molecule has 52 heavy (non-hydrogen) atoms. The fourth-order valence-electron chi connectivity index (χ4n) is 11.6. The van der Waals surface area contributed by atoms with E-state index in [2.05, 4.69) is 59.1 Å². The van der Waals surface area contributed by atoms with E-state index in [9.17, 15) is 14.4 Å². The molecule has 11 heteroatoms. The zero-order valence-corrected chi connectivity index (χ0v) is 31.8. The van der Waals surface area contributed by atoms with E-state index in [1.54, 1.807) is 0 Å². The number of nitrogens with one attached hydrogen (secondary N) is 2. The van der Waals surface area contributed by atoms with Crippen molar-refractivity contribution in [1.29, 1.82) is 0 Å². The van der Waals surface area contributed by atoms with Crippen LogP contribution in [0.15, 0.2) is 35.5 Å². The number of carbonyl (C=O) groups excluding carboxylic acids is 3. The first-order valence-electron chi connectivity index (χ1n) is 20.6. The maximum atomic E-state index is 14.6. The van der Waals surface area contributed by atoms with Gasteiger partial charge in [0, 0.05) is 48.3 Å². The van der Waals surface area contributed by atoms with E-state index in [0.717, 1.165) is 89.3 Å². The Labute approximate surface area is 309 Å². The molecule has 0 spiro atoms. The van der Waals surface area contributed by atoms with E-state index < -0.39 is 29.0 Å². The Kier molecular flexibility index (Phi) is 10.9. The van der Waals surface area contributed by atoms with Crippen molar-refractivity contribution in [2.75, 3.05) is 26.7 Å². The van der Waals surface area contributed by atoms with Crippen LogP contribution in [0.3, 0.4) is 0 Å². The minimum absolute atomic E-state index is 0.0441. The summed E-state index contributed by atoms with van der Waals surface area (Å²) in [5, 5.41) is 8.19. The molecule has 2 aliphatic heterocycles. The van der Waals surface area contributed by atoms with E-state index in [1.807, 2.05) is 7.05 Å². The van der Waals surface area contributed by atoms with Crippen LogP contribution in [-0.4, -0.2) is 79.7 Å². The van der Waals surface area contributed by atoms with Gasteiger partial charge in [0.15, 0.2) is 17.2 Å². The normalized spacial score (nSPS) is 39.2. The maximum absolute atomic E-state index is 14.6. The molecule has 5 fully saturated rings. The van der Waals surface area contributed by atoms with Crippen molar-refractivity contribution < 1.29 is 39.5 Å². The van der Waals surface area contributed by atoms with Gasteiger partial charge in [0.1, 0.15) is 18.8 Å². The average molecular weight is 722 g/mol. The summed E-state index contributed by atoms with van der Waals surface area (Å²) in [6.45, 7) is 6.42. The van der Waals surface area contributed by atoms with Gasteiger partial charge in [-0.15, -0.1) is 0 Å². The summed E-state index contributed by atoms with van der Waals surface area (Å²) in [6.07, 6.45) is 21.5. The van der Waals surface area contributed by atoms with E-state index in [1.165, 1.54) is 5.57 Å². The summed E-state index contributed by atoms with van der Waals surface area (Å²) in [7, 11) is 1.83. The van der Waals surface area contributed by atoms with Crippen LogP contribution in [0, 0.1) is 35.0 Å². The van der Waals surface area contributed by atoms with Gasteiger partial charge in [-0.05, 0) is 76.4 Å². The first-order chi connectivity index (χ1) is 25.1. The Morgan fingerprint density at radius 1 is 1.13 bits per heavy atom. The number of likely N-dealkylation sites (N-methyl/N-ethyl adjacent to an activating group) is 1. The summed E-state index contributed by atoms with van der Waals surface area (Å²) in [4.78, 5) is 46.6. The Morgan fingerprint density at radius 2 is 1.88 bits per heavy atom. The highest BCUT2D eigenvalue weighted by Crippen LogP contribution is 2.62. The second kappa shape index (κ2) is 15.1. The molecule has 0 aromatic rings. The SMILES string of the molecule is CC[NH2+][C@@H]1C=C2C=CCC[C@H]2C[C@H]1COC(=O)[C@]12O[C@@]1(CC=C(C)C1([C@@H](NC(N)=[NH+]C)C3CC[NH2+]C(N)C3)CCCC1)C(=O)C1CCCCC1C2=O. The molecular weight excluding hydrogens is 656 g/mol. The number of rotatable bonds is 11. The number of fused-ring (bicyclic) bond motifs is 3. The Hall–Kier alpha value is -2.86. The van der Waals surface area contributed by atoms with Crippen LogP contribution in [0.25, 0.3) is 0 Å². The lowest BCUT2D eigenvalue weighted by Crippen LogP contribution is -2.95. The first kappa shape index (κ1) is 37.5. The predicted octanol–water partition coefficient (Wildman–Crippen LogP) is -0.00170. The molecule has 7 aliphatic rings. The number of hydrogen-bond donors (Lipinski definition) is 6. The quantitative estimate of drug-likeness (QED) is 0.0430. The summed E-state index contributed by atoms with van der Waals surface area (Å²) >= 11 is 0. The first-order valence-corrected chi connectivity index (χ1v) is 20.6. The van der Waals surface area contributed by atoms with Crippen LogP contribution >= 0.6 is 0 Å². The van der Waals surface area contributed by atoms with Gasteiger partial charge in [0.05, 0.1) is 26.2 Å². The lowest BCUT2D eigenvalue weighted by atomic mass is 9.60. The van der Waals surface area contributed by atoms with E-state index >= 15 is 0 Å². The molecule has 0 amide bonds. The van der Waals surface area contributed by atoms with Gasteiger partial charge in [-0.25, -0.2) is 4.79 Å². The predicted molar refractivity (Wildman–Crippen MR) is 197 cm³/mol. The van der Waals surface area contributed by atoms with Gasteiger partial charge in [0.2, 0.25) is 0 Å². The lowest BCUT2D eigenvalue weighted by Gasteiger charge is -2.43. The second-order valence-electron chi connectivity index (χ2n) is 17.2. The van der Waals surface area contributed by atoms with Crippen LogP contribution in [-0.2, 0) is 23.9 Å². The third-order valence-electron chi connectivity index (χ3n) is 14.4. The fraction of sp³-hybridized carbons (Fsp3) is 0.756. The molecule has 10 atom stereocenters. The average Bonchev–Trinajstić information content (AvgIpc) is 3.63. The highest BCUT2D eigenvalue weighted by molar-refractivity contribution is 6.23. The number of guanidine groups is 1. The van der Waals surface area contributed by atoms with E-state index in [0.29, 0.717) is 30.6 Å². The van der Waals surface area contributed by atoms with Crippen LogP contribution < -0.4 is 32.4 Å². The lowest BCUT2D eigenvalue weighted by molar-refractivity contribution is -0.699. The second-order valence-corrected chi connectivity index (χ2v) is 17.2. The Bertz CT molecular complexity index is 1520. The molecule has 7 rings (SSSR count). The largest absolute Gasteiger partial charge is 0.463 e. The molecule has 11 nitrogen and oxygen atoms in total. The standard InChI is InChI=1S/C41H62N6O5/c1-4-45-32-22-27-12-6-5-11-26(27)21-29(32)24-51-37(50)41-36(49)31-14-8-7-13-30(31)35(48)40(41,52-41)19-15-25(2)39(17-9-10-18-39)34(47-38(43)44-3)28-16-20-46-33(42)23-28/h6,12,15,22,26,28-34,45-46H,4-5,7-11,13-14,16-21,23-24,42H2,1-3H3,(H3,43,44,47)/p+3/t26-,28?,29-,30?,31?,32+,33?,34-,40-,41-/m0/s1. The molecule has 4 unspecified atom stereocenters. The van der Waals surface area contributed by atoms with Crippen molar-refractivity contribution in [1.82, 2.24) is 5.32 Å². The number of Topliss-reactive ketones (excluding diaryl/α,β-unsaturated/α-hetero) is 2. The summed E-state index contributed by atoms with van der Waals surface area (Å²) < 4.78 is 12.6. The number of allylic oxidation sites excluding steroid dienone is 3. The van der Waals surface area contributed by atoms with Crippen molar-refractivity contribution in [3.63, 3.8) is 0 Å². The number of piperidine rings is 1. The van der Waals surface area contributed by atoms with Crippen molar-refractivity contribution in [3.8, 4) is 0 Å². The number of epoxide rings is 1. The molecule has 0 aromatic heterocycles. The minimum atomic E-state index is -1.86. The third kappa shape index (κ3) is 6.41. The molecule has 3 saturated carbocycles. The van der Waals surface area contributed by atoms with Crippen molar-refractivity contribution in [2.45, 2.75) is 133 Å². The highest BCUT2D eigenvalue weighted by atomic mass is 16.7.